The zero-order valence-electron chi connectivity index (χ0n) is 18.6. The zero-order valence-corrected chi connectivity index (χ0v) is 20.9. The monoisotopic (exact) mass is 528 g/mol. The number of nitrogens with zero attached hydrogens (tertiary/aromatic N) is 1. The highest BCUT2D eigenvalue weighted by Crippen LogP contribution is 2.35. The quantitative estimate of drug-likeness (QED) is 0.217. The van der Waals surface area contributed by atoms with Crippen LogP contribution in [0.5, 0.6) is 5.75 Å². The van der Waals surface area contributed by atoms with Crippen LogP contribution in [0.2, 0.25) is 10.0 Å². The van der Waals surface area contributed by atoms with E-state index in [0.717, 1.165) is 10.5 Å². The van der Waals surface area contributed by atoms with E-state index in [1.165, 1.54) is 30.3 Å². The van der Waals surface area contributed by atoms with E-state index < -0.39 is 17.8 Å². The summed E-state index contributed by atoms with van der Waals surface area (Å²) in [6, 6.07) is 18.0. The molecule has 0 saturated carbocycles. The van der Waals surface area contributed by atoms with Gasteiger partial charge in [0, 0.05) is 10.7 Å². The molecular formula is C26H19Cl3N2O4. The van der Waals surface area contributed by atoms with Crippen molar-refractivity contribution in [2.45, 2.75) is 19.8 Å². The molecule has 0 unspecified atom stereocenters. The van der Waals surface area contributed by atoms with Crippen molar-refractivity contribution in [1.82, 2.24) is 0 Å². The SMILES string of the molecule is CC(C)c1ccc(OC(=O)c2ccc(NC3=C(Cl)C(=O)N(c4ccc(Cl)cc4Cl)C3=O)cc2)cc1. The van der Waals surface area contributed by atoms with Crippen LogP contribution in [-0.2, 0) is 9.59 Å². The van der Waals surface area contributed by atoms with Gasteiger partial charge in [0.25, 0.3) is 11.8 Å². The van der Waals surface area contributed by atoms with Gasteiger partial charge in [0.15, 0.2) is 0 Å². The van der Waals surface area contributed by atoms with Gasteiger partial charge in [-0.25, -0.2) is 9.69 Å². The molecule has 0 aromatic heterocycles. The van der Waals surface area contributed by atoms with Crippen LogP contribution in [0.1, 0.15) is 35.7 Å². The Balaban J connectivity index is 1.46. The van der Waals surface area contributed by atoms with Crippen LogP contribution in [0.25, 0.3) is 0 Å². The molecule has 0 radical (unpaired) electrons. The Morgan fingerprint density at radius 1 is 0.886 bits per heavy atom. The van der Waals surface area contributed by atoms with Crippen LogP contribution in [0, 0.1) is 0 Å². The Morgan fingerprint density at radius 2 is 1.54 bits per heavy atom. The minimum Gasteiger partial charge on any atom is -0.423 e. The molecule has 1 heterocycles. The fourth-order valence-electron chi connectivity index (χ4n) is 3.41. The molecule has 6 nitrogen and oxygen atoms in total. The van der Waals surface area contributed by atoms with E-state index in [2.05, 4.69) is 19.2 Å². The Bertz CT molecular complexity index is 1350. The second-order valence-electron chi connectivity index (χ2n) is 8.05. The van der Waals surface area contributed by atoms with Crippen molar-refractivity contribution in [1.29, 1.82) is 0 Å². The lowest BCUT2D eigenvalue weighted by atomic mass is 10.0. The average molecular weight is 530 g/mol. The Morgan fingerprint density at radius 3 is 2.14 bits per heavy atom. The molecule has 1 aliphatic heterocycles. The average Bonchev–Trinajstić information content (AvgIpc) is 3.03. The highest BCUT2D eigenvalue weighted by molar-refractivity contribution is 6.53. The molecular weight excluding hydrogens is 511 g/mol. The van der Waals surface area contributed by atoms with Crippen LogP contribution < -0.4 is 15.0 Å². The van der Waals surface area contributed by atoms with Gasteiger partial charge in [0.1, 0.15) is 16.5 Å². The fourth-order valence-corrected chi connectivity index (χ4v) is 4.12. The number of rotatable bonds is 6. The number of esters is 1. The number of amides is 2. The first-order valence-electron chi connectivity index (χ1n) is 10.6. The van der Waals surface area contributed by atoms with Crippen molar-refractivity contribution in [3.05, 3.63) is 98.6 Å². The van der Waals surface area contributed by atoms with E-state index in [1.54, 1.807) is 24.3 Å². The highest BCUT2D eigenvalue weighted by atomic mass is 35.5. The first-order valence-corrected chi connectivity index (χ1v) is 11.7. The van der Waals surface area contributed by atoms with Crippen LogP contribution in [0.3, 0.4) is 0 Å². The van der Waals surface area contributed by atoms with Crippen LogP contribution in [-0.4, -0.2) is 17.8 Å². The lowest BCUT2D eigenvalue weighted by Gasteiger charge is -2.16. The lowest BCUT2D eigenvalue weighted by molar-refractivity contribution is -0.120. The number of hydrogen-bond acceptors (Lipinski definition) is 5. The third-order valence-electron chi connectivity index (χ3n) is 5.33. The largest absolute Gasteiger partial charge is 0.423 e. The summed E-state index contributed by atoms with van der Waals surface area (Å²) < 4.78 is 5.42. The molecule has 4 rings (SSSR count). The minimum absolute atomic E-state index is 0.108. The van der Waals surface area contributed by atoms with Gasteiger partial charge < -0.3 is 10.1 Å². The summed E-state index contributed by atoms with van der Waals surface area (Å²) in [5.41, 5.74) is 1.96. The van der Waals surface area contributed by atoms with E-state index in [-0.39, 0.29) is 21.4 Å². The summed E-state index contributed by atoms with van der Waals surface area (Å²) in [6.45, 7) is 4.17. The van der Waals surface area contributed by atoms with Gasteiger partial charge in [0.05, 0.1) is 16.3 Å². The molecule has 35 heavy (non-hydrogen) atoms. The molecule has 0 saturated heterocycles. The number of benzene rings is 3. The van der Waals surface area contributed by atoms with Crippen molar-refractivity contribution in [2.24, 2.45) is 0 Å². The number of ether oxygens (including phenoxy) is 1. The van der Waals surface area contributed by atoms with Gasteiger partial charge >= 0.3 is 5.97 Å². The fraction of sp³-hybridized carbons (Fsp3) is 0.115. The van der Waals surface area contributed by atoms with Crippen LogP contribution >= 0.6 is 34.8 Å². The summed E-state index contributed by atoms with van der Waals surface area (Å²) in [5, 5.41) is 3.06. The molecule has 178 valence electrons. The zero-order chi connectivity index (χ0) is 25.3. The van der Waals surface area contributed by atoms with Gasteiger partial charge in [0.2, 0.25) is 0 Å². The van der Waals surface area contributed by atoms with E-state index in [0.29, 0.717) is 27.9 Å². The summed E-state index contributed by atoms with van der Waals surface area (Å²) in [6.07, 6.45) is 0. The molecule has 0 aliphatic carbocycles. The van der Waals surface area contributed by atoms with Gasteiger partial charge in [-0.2, -0.15) is 0 Å². The maximum Gasteiger partial charge on any atom is 0.343 e. The second kappa shape index (κ2) is 10.1. The van der Waals surface area contributed by atoms with Crippen molar-refractivity contribution >= 4 is 64.0 Å². The smallest absolute Gasteiger partial charge is 0.343 e. The molecule has 0 bridgehead atoms. The molecule has 1 N–H and O–H groups in total. The number of imide groups is 1. The summed E-state index contributed by atoms with van der Waals surface area (Å²) in [5.74, 6) is -1.10. The number of hydrogen-bond donors (Lipinski definition) is 1. The molecule has 3 aromatic rings. The van der Waals surface area contributed by atoms with Crippen molar-refractivity contribution < 1.29 is 19.1 Å². The maximum atomic E-state index is 12.9. The Hall–Kier alpha value is -3.32. The van der Waals surface area contributed by atoms with Crippen LogP contribution in [0.15, 0.2) is 77.5 Å². The molecule has 3 aromatic carbocycles. The Kier molecular flexibility index (Phi) is 7.17. The van der Waals surface area contributed by atoms with Crippen molar-refractivity contribution in [2.75, 3.05) is 10.2 Å². The number of halogens is 3. The topological polar surface area (TPSA) is 75.7 Å². The normalized spacial score (nSPS) is 13.6. The van der Waals surface area contributed by atoms with Gasteiger partial charge in [-0.3, -0.25) is 9.59 Å². The third kappa shape index (κ3) is 5.20. The molecule has 0 spiro atoms. The van der Waals surface area contributed by atoms with E-state index in [9.17, 15) is 14.4 Å². The number of nitrogens with one attached hydrogen (secondary N) is 1. The molecule has 0 atom stereocenters. The number of anilines is 2. The van der Waals surface area contributed by atoms with E-state index in [1.807, 2.05) is 12.1 Å². The van der Waals surface area contributed by atoms with Gasteiger partial charge in [-0.15, -0.1) is 0 Å². The first kappa shape index (κ1) is 24.8. The molecule has 0 fully saturated rings. The number of carbonyl (C=O) groups excluding carboxylic acids is 3. The van der Waals surface area contributed by atoms with Crippen LogP contribution in [0.4, 0.5) is 11.4 Å². The highest BCUT2D eigenvalue weighted by Gasteiger charge is 2.39. The minimum atomic E-state index is -0.716. The summed E-state index contributed by atoms with van der Waals surface area (Å²) >= 11 is 18.2. The summed E-state index contributed by atoms with van der Waals surface area (Å²) in [4.78, 5) is 39.0. The second-order valence-corrected chi connectivity index (χ2v) is 9.27. The predicted octanol–water partition coefficient (Wildman–Crippen LogP) is 6.77. The predicted molar refractivity (Wildman–Crippen MR) is 137 cm³/mol. The maximum absolute atomic E-state index is 12.9. The molecule has 2 amide bonds. The Labute approximate surface area is 217 Å². The molecule has 9 heteroatoms. The van der Waals surface area contributed by atoms with E-state index >= 15 is 0 Å². The lowest BCUT2D eigenvalue weighted by Crippen LogP contribution is -2.32. The van der Waals surface area contributed by atoms with Crippen molar-refractivity contribution in [3.63, 3.8) is 0 Å². The van der Waals surface area contributed by atoms with E-state index in [4.69, 9.17) is 39.5 Å². The number of carbonyl (C=O) groups is 3. The first-order chi connectivity index (χ1) is 16.7. The standard InChI is InChI=1S/C26H19Cl3N2O4/c1-14(2)15-5-10-19(11-6-15)35-26(34)16-3-8-18(9-4-16)30-23-22(29)24(32)31(25(23)33)21-12-7-17(27)13-20(21)28/h3-14,30H,1-2H3. The summed E-state index contributed by atoms with van der Waals surface area (Å²) in [7, 11) is 0. The van der Waals surface area contributed by atoms with Gasteiger partial charge in [-0.1, -0.05) is 60.8 Å². The third-order valence-corrected chi connectivity index (χ3v) is 6.21. The van der Waals surface area contributed by atoms with Crippen molar-refractivity contribution in [3.8, 4) is 5.75 Å². The van der Waals surface area contributed by atoms with Gasteiger partial charge in [-0.05, 0) is 66.1 Å². The molecule has 1 aliphatic rings.